The second-order valence-electron chi connectivity index (χ2n) is 5.31. The SMILES string of the molecule is CCN1CCCC1CNC(N)=NCc1c(C)noc1C. The van der Waals surface area contributed by atoms with E-state index in [1.807, 2.05) is 13.8 Å². The fourth-order valence-electron chi connectivity index (χ4n) is 2.71. The summed E-state index contributed by atoms with van der Waals surface area (Å²) >= 11 is 0. The maximum absolute atomic E-state index is 5.92. The van der Waals surface area contributed by atoms with E-state index < -0.39 is 0 Å². The second kappa shape index (κ2) is 6.74. The lowest BCUT2D eigenvalue weighted by molar-refractivity contribution is 0.267. The van der Waals surface area contributed by atoms with E-state index in [9.17, 15) is 0 Å². The van der Waals surface area contributed by atoms with E-state index in [-0.39, 0.29) is 0 Å². The number of hydrogen-bond donors (Lipinski definition) is 2. The van der Waals surface area contributed by atoms with Crippen LogP contribution in [-0.4, -0.2) is 41.7 Å². The van der Waals surface area contributed by atoms with Crippen LogP contribution in [0.25, 0.3) is 0 Å². The fourth-order valence-corrected chi connectivity index (χ4v) is 2.71. The first-order valence-electron chi connectivity index (χ1n) is 7.31. The average molecular weight is 279 g/mol. The Kier molecular flexibility index (Phi) is 5.00. The fraction of sp³-hybridized carbons (Fsp3) is 0.714. The van der Waals surface area contributed by atoms with Crippen molar-refractivity contribution in [1.29, 1.82) is 0 Å². The molecule has 0 bridgehead atoms. The Hall–Kier alpha value is -1.56. The summed E-state index contributed by atoms with van der Waals surface area (Å²) < 4.78 is 5.11. The van der Waals surface area contributed by atoms with Crippen molar-refractivity contribution in [3.63, 3.8) is 0 Å². The molecule has 1 aromatic heterocycles. The van der Waals surface area contributed by atoms with Crippen molar-refractivity contribution in [1.82, 2.24) is 15.4 Å². The minimum Gasteiger partial charge on any atom is -0.370 e. The van der Waals surface area contributed by atoms with E-state index in [1.165, 1.54) is 19.4 Å². The van der Waals surface area contributed by atoms with Crippen LogP contribution >= 0.6 is 0 Å². The number of nitrogens with two attached hydrogens (primary N) is 1. The number of hydrogen-bond acceptors (Lipinski definition) is 4. The molecule has 6 heteroatoms. The Balaban J connectivity index is 1.82. The summed E-state index contributed by atoms with van der Waals surface area (Å²) in [6.07, 6.45) is 2.51. The highest BCUT2D eigenvalue weighted by Gasteiger charge is 2.22. The number of aromatic nitrogens is 1. The highest BCUT2D eigenvalue weighted by Crippen LogP contribution is 2.15. The molecular weight excluding hydrogens is 254 g/mol. The summed E-state index contributed by atoms with van der Waals surface area (Å²) in [6, 6.07) is 0.577. The van der Waals surface area contributed by atoms with Crippen LogP contribution in [0.1, 0.15) is 36.8 Å². The minimum atomic E-state index is 0.493. The molecule has 0 amide bonds. The van der Waals surface area contributed by atoms with E-state index in [0.29, 0.717) is 18.5 Å². The topological polar surface area (TPSA) is 79.7 Å². The van der Waals surface area contributed by atoms with Crippen LogP contribution in [0, 0.1) is 13.8 Å². The van der Waals surface area contributed by atoms with E-state index in [0.717, 1.165) is 30.1 Å². The molecule has 2 rings (SSSR count). The molecule has 3 N–H and O–H groups in total. The normalized spacial score (nSPS) is 20.6. The first kappa shape index (κ1) is 14.8. The molecule has 2 heterocycles. The van der Waals surface area contributed by atoms with Crippen molar-refractivity contribution < 1.29 is 4.52 Å². The number of rotatable bonds is 5. The molecule has 0 saturated carbocycles. The van der Waals surface area contributed by atoms with Crippen LogP contribution in [-0.2, 0) is 6.54 Å². The zero-order chi connectivity index (χ0) is 14.5. The predicted molar refractivity (Wildman–Crippen MR) is 79.6 cm³/mol. The first-order valence-corrected chi connectivity index (χ1v) is 7.31. The van der Waals surface area contributed by atoms with E-state index in [4.69, 9.17) is 10.3 Å². The molecule has 112 valence electrons. The largest absolute Gasteiger partial charge is 0.370 e. The molecule has 6 nitrogen and oxygen atoms in total. The third-order valence-corrected chi connectivity index (χ3v) is 4.01. The monoisotopic (exact) mass is 279 g/mol. The third kappa shape index (κ3) is 3.50. The number of guanidine groups is 1. The lowest BCUT2D eigenvalue weighted by Crippen LogP contribution is -2.42. The maximum atomic E-state index is 5.92. The summed E-state index contributed by atoms with van der Waals surface area (Å²) in [4.78, 5) is 6.85. The van der Waals surface area contributed by atoms with Gasteiger partial charge in [-0.05, 0) is 39.8 Å². The van der Waals surface area contributed by atoms with Gasteiger partial charge in [0, 0.05) is 18.2 Å². The summed E-state index contributed by atoms with van der Waals surface area (Å²) in [5, 5.41) is 7.14. The van der Waals surface area contributed by atoms with Gasteiger partial charge in [-0.3, -0.25) is 4.90 Å². The van der Waals surface area contributed by atoms with Crippen LogP contribution in [0.3, 0.4) is 0 Å². The number of likely N-dealkylation sites (tertiary alicyclic amines) is 1. The molecule has 1 unspecified atom stereocenters. The lowest BCUT2D eigenvalue weighted by atomic mass is 10.2. The molecule has 1 saturated heterocycles. The van der Waals surface area contributed by atoms with Gasteiger partial charge in [0.15, 0.2) is 5.96 Å². The van der Waals surface area contributed by atoms with E-state index in [1.54, 1.807) is 0 Å². The van der Waals surface area contributed by atoms with E-state index in [2.05, 4.69) is 27.3 Å². The van der Waals surface area contributed by atoms with Gasteiger partial charge in [0.25, 0.3) is 0 Å². The summed E-state index contributed by atoms with van der Waals surface area (Å²) in [7, 11) is 0. The molecular formula is C14H25N5O. The molecule has 20 heavy (non-hydrogen) atoms. The standard InChI is InChI=1S/C14H25N5O/c1-4-19-7-5-6-12(19)8-16-14(15)17-9-13-10(2)18-20-11(13)3/h12H,4-9H2,1-3H3,(H3,15,16,17). The first-order chi connectivity index (χ1) is 9.61. The van der Waals surface area contributed by atoms with Crippen molar-refractivity contribution >= 4 is 5.96 Å². The molecule has 0 spiro atoms. The smallest absolute Gasteiger partial charge is 0.188 e. The van der Waals surface area contributed by atoms with E-state index >= 15 is 0 Å². The zero-order valence-electron chi connectivity index (χ0n) is 12.6. The van der Waals surface area contributed by atoms with Crippen LogP contribution in [0.4, 0.5) is 0 Å². The summed E-state index contributed by atoms with van der Waals surface area (Å²) in [5.74, 6) is 1.31. The van der Waals surface area contributed by atoms with Gasteiger partial charge in [0.2, 0.25) is 0 Å². The number of nitrogens with one attached hydrogen (secondary N) is 1. The maximum Gasteiger partial charge on any atom is 0.188 e. The van der Waals surface area contributed by atoms with Crippen LogP contribution in [0.2, 0.25) is 0 Å². The number of aliphatic imine (C=N–C) groups is 1. The molecule has 0 radical (unpaired) electrons. The van der Waals surface area contributed by atoms with Crippen LogP contribution in [0.15, 0.2) is 9.52 Å². The Morgan fingerprint density at radius 2 is 2.35 bits per heavy atom. The molecule has 0 aliphatic carbocycles. The number of aryl methyl sites for hydroxylation is 2. The second-order valence-corrected chi connectivity index (χ2v) is 5.31. The summed E-state index contributed by atoms with van der Waals surface area (Å²) in [5.41, 5.74) is 7.83. The predicted octanol–water partition coefficient (Wildman–Crippen LogP) is 1.18. The van der Waals surface area contributed by atoms with Gasteiger partial charge in [0.05, 0.1) is 12.2 Å². The summed E-state index contributed by atoms with van der Waals surface area (Å²) in [6.45, 7) is 9.69. The van der Waals surface area contributed by atoms with Gasteiger partial charge in [-0.15, -0.1) is 0 Å². The van der Waals surface area contributed by atoms with Crippen molar-refractivity contribution in [2.24, 2.45) is 10.7 Å². The minimum absolute atomic E-state index is 0.493. The highest BCUT2D eigenvalue weighted by atomic mass is 16.5. The van der Waals surface area contributed by atoms with Crippen molar-refractivity contribution in [3.05, 3.63) is 17.0 Å². The molecule has 1 aromatic rings. The van der Waals surface area contributed by atoms with Crippen molar-refractivity contribution in [2.45, 2.75) is 46.2 Å². The Labute approximate surface area is 120 Å². The quantitative estimate of drug-likeness (QED) is 0.625. The molecule has 0 aromatic carbocycles. The van der Waals surface area contributed by atoms with Crippen molar-refractivity contribution in [2.75, 3.05) is 19.6 Å². The number of likely N-dealkylation sites (N-methyl/N-ethyl adjacent to an activating group) is 1. The zero-order valence-corrected chi connectivity index (χ0v) is 12.6. The van der Waals surface area contributed by atoms with Gasteiger partial charge in [-0.25, -0.2) is 4.99 Å². The molecule has 1 aliphatic heterocycles. The average Bonchev–Trinajstić information content (AvgIpc) is 3.01. The van der Waals surface area contributed by atoms with Crippen LogP contribution < -0.4 is 11.1 Å². The van der Waals surface area contributed by atoms with Crippen molar-refractivity contribution in [3.8, 4) is 0 Å². The lowest BCUT2D eigenvalue weighted by Gasteiger charge is -2.23. The van der Waals surface area contributed by atoms with Gasteiger partial charge in [-0.2, -0.15) is 0 Å². The number of nitrogens with zero attached hydrogens (tertiary/aromatic N) is 3. The van der Waals surface area contributed by atoms with Gasteiger partial charge < -0.3 is 15.6 Å². The molecule has 1 fully saturated rings. The van der Waals surface area contributed by atoms with Gasteiger partial charge in [0.1, 0.15) is 5.76 Å². The Bertz CT molecular complexity index is 449. The third-order valence-electron chi connectivity index (χ3n) is 4.01. The highest BCUT2D eigenvalue weighted by molar-refractivity contribution is 5.77. The Morgan fingerprint density at radius 1 is 1.55 bits per heavy atom. The van der Waals surface area contributed by atoms with Gasteiger partial charge >= 0.3 is 0 Å². The molecule has 1 atom stereocenters. The van der Waals surface area contributed by atoms with Crippen LogP contribution in [0.5, 0.6) is 0 Å². The molecule has 1 aliphatic rings. The Morgan fingerprint density at radius 3 is 3.00 bits per heavy atom. The van der Waals surface area contributed by atoms with Gasteiger partial charge in [-0.1, -0.05) is 12.1 Å².